The second kappa shape index (κ2) is 6.81. The molecule has 0 heterocycles. The van der Waals surface area contributed by atoms with Crippen molar-refractivity contribution in [3.8, 4) is 0 Å². The number of amides is 2. The molecule has 0 aromatic carbocycles. The van der Waals surface area contributed by atoms with Gasteiger partial charge in [0, 0.05) is 19.8 Å². The molecule has 1 aliphatic carbocycles. The molecule has 1 rings (SSSR count). The minimum Gasteiger partial charge on any atom is -0.394 e. The SMILES string of the molecule is COCCC(C)NC(=O)NC1(CO)CCCC1. The third-order valence-electron chi connectivity index (χ3n) is 3.37. The first-order chi connectivity index (χ1) is 8.12. The van der Waals surface area contributed by atoms with Crippen LogP contribution in [0, 0.1) is 0 Å². The summed E-state index contributed by atoms with van der Waals surface area (Å²) in [6.07, 6.45) is 4.66. The van der Waals surface area contributed by atoms with Gasteiger partial charge in [-0.2, -0.15) is 0 Å². The molecule has 1 unspecified atom stereocenters. The Bertz CT molecular complexity index is 240. The maximum absolute atomic E-state index is 11.8. The zero-order chi connectivity index (χ0) is 12.7. The average Bonchev–Trinajstić information content (AvgIpc) is 2.75. The fourth-order valence-electron chi connectivity index (χ4n) is 2.24. The summed E-state index contributed by atoms with van der Waals surface area (Å²) in [6.45, 7) is 2.60. The zero-order valence-electron chi connectivity index (χ0n) is 10.8. The molecule has 0 aliphatic heterocycles. The molecule has 3 N–H and O–H groups in total. The number of aliphatic hydroxyl groups excluding tert-OH is 1. The number of rotatable bonds is 6. The Balaban J connectivity index is 2.32. The number of nitrogens with one attached hydrogen (secondary N) is 2. The second-order valence-corrected chi connectivity index (χ2v) is 4.93. The normalized spacial score (nSPS) is 19.9. The Hall–Kier alpha value is -0.810. The third kappa shape index (κ3) is 4.52. The number of carbonyl (C=O) groups excluding carboxylic acids is 1. The van der Waals surface area contributed by atoms with Crippen molar-refractivity contribution in [2.75, 3.05) is 20.3 Å². The Labute approximate surface area is 103 Å². The molecule has 5 heteroatoms. The summed E-state index contributed by atoms with van der Waals surface area (Å²) >= 11 is 0. The summed E-state index contributed by atoms with van der Waals surface area (Å²) in [5, 5.41) is 15.1. The highest BCUT2D eigenvalue weighted by atomic mass is 16.5. The van der Waals surface area contributed by atoms with Crippen molar-refractivity contribution in [3.63, 3.8) is 0 Å². The van der Waals surface area contributed by atoms with Gasteiger partial charge in [-0.3, -0.25) is 0 Å². The second-order valence-electron chi connectivity index (χ2n) is 4.93. The molecule has 0 aromatic rings. The molecule has 0 spiro atoms. The summed E-state index contributed by atoms with van der Waals surface area (Å²) in [4.78, 5) is 11.8. The van der Waals surface area contributed by atoms with Crippen molar-refractivity contribution in [2.45, 2.75) is 50.6 Å². The molecule has 0 aromatic heterocycles. The van der Waals surface area contributed by atoms with Crippen LogP contribution in [0.15, 0.2) is 0 Å². The fourth-order valence-corrected chi connectivity index (χ4v) is 2.24. The zero-order valence-corrected chi connectivity index (χ0v) is 10.8. The minimum absolute atomic E-state index is 0.0207. The highest BCUT2D eigenvalue weighted by Crippen LogP contribution is 2.28. The quantitative estimate of drug-likeness (QED) is 0.653. The lowest BCUT2D eigenvalue weighted by molar-refractivity contribution is 0.158. The van der Waals surface area contributed by atoms with Crippen LogP contribution in [0.3, 0.4) is 0 Å². The van der Waals surface area contributed by atoms with Crippen LogP contribution >= 0.6 is 0 Å². The van der Waals surface area contributed by atoms with E-state index in [4.69, 9.17) is 4.74 Å². The van der Waals surface area contributed by atoms with Gasteiger partial charge in [0.05, 0.1) is 12.1 Å². The largest absolute Gasteiger partial charge is 0.394 e. The maximum atomic E-state index is 11.8. The molecule has 5 nitrogen and oxygen atoms in total. The summed E-state index contributed by atoms with van der Waals surface area (Å²) in [5.41, 5.74) is -0.398. The van der Waals surface area contributed by atoms with Gasteiger partial charge in [0.1, 0.15) is 0 Å². The van der Waals surface area contributed by atoms with Crippen LogP contribution in [-0.4, -0.2) is 43.0 Å². The van der Waals surface area contributed by atoms with Crippen LogP contribution in [-0.2, 0) is 4.74 Å². The van der Waals surface area contributed by atoms with Gasteiger partial charge in [0.2, 0.25) is 0 Å². The topological polar surface area (TPSA) is 70.6 Å². The van der Waals surface area contributed by atoms with Crippen molar-refractivity contribution in [1.82, 2.24) is 10.6 Å². The van der Waals surface area contributed by atoms with E-state index in [2.05, 4.69) is 10.6 Å². The van der Waals surface area contributed by atoms with Gasteiger partial charge in [-0.15, -0.1) is 0 Å². The Morgan fingerprint density at radius 2 is 2.12 bits per heavy atom. The van der Waals surface area contributed by atoms with Crippen molar-refractivity contribution < 1.29 is 14.6 Å². The van der Waals surface area contributed by atoms with E-state index in [0.29, 0.717) is 6.61 Å². The summed E-state index contributed by atoms with van der Waals surface area (Å²) in [7, 11) is 1.64. The number of hydrogen-bond acceptors (Lipinski definition) is 3. The molecule has 0 radical (unpaired) electrons. The number of aliphatic hydroxyl groups is 1. The molecule has 1 aliphatic rings. The van der Waals surface area contributed by atoms with E-state index in [-0.39, 0.29) is 18.7 Å². The number of carbonyl (C=O) groups is 1. The first-order valence-electron chi connectivity index (χ1n) is 6.30. The summed E-state index contributed by atoms with van der Waals surface area (Å²) in [5.74, 6) is 0. The average molecular weight is 244 g/mol. The monoisotopic (exact) mass is 244 g/mol. The molecule has 0 bridgehead atoms. The van der Waals surface area contributed by atoms with Crippen molar-refractivity contribution in [3.05, 3.63) is 0 Å². The molecule has 17 heavy (non-hydrogen) atoms. The Kier molecular flexibility index (Phi) is 5.71. The van der Waals surface area contributed by atoms with Crippen LogP contribution in [0.4, 0.5) is 4.79 Å². The van der Waals surface area contributed by atoms with Gasteiger partial charge in [-0.25, -0.2) is 4.79 Å². The highest BCUT2D eigenvalue weighted by Gasteiger charge is 2.34. The minimum atomic E-state index is -0.398. The molecule has 1 atom stereocenters. The van der Waals surface area contributed by atoms with E-state index in [0.717, 1.165) is 32.1 Å². The van der Waals surface area contributed by atoms with Crippen molar-refractivity contribution in [1.29, 1.82) is 0 Å². The summed E-state index contributed by atoms with van der Waals surface area (Å²) in [6, 6.07) is -0.114. The predicted molar refractivity (Wildman–Crippen MR) is 65.9 cm³/mol. The van der Waals surface area contributed by atoms with Gasteiger partial charge >= 0.3 is 6.03 Å². The van der Waals surface area contributed by atoms with Gasteiger partial charge < -0.3 is 20.5 Å². The smallest absolute Gasteiger partial charge is 0.315 e. The fraction of sp³-hybridized carbons (Fsp3) is 0.917. The molecular weight excluding hydrogens is 220 g/mol. The van der Waals surface area contributed by atoms with Crippen LogP contribution in [0.25, 0.3) is 0 Å². The number of ether oxygens (including phenoxy) is 1. The van der Waals surface area contributed by atoms with E-state index in [9.17, 15) is 9.90 Å². The van der Waals surface area contributed by atoms with Crippen LogP contribution < -0.4 is 10.6 Å². The van der Waals surface area contributed by atoms with E-state index in [1.807, 2.05) is 6.92 Å². The molecule has 1 saturated carbocycles. The first kappa shape index (κ1) is 14.3. The lowest BCUT2D eigenvalue weighted by Crippen LogP contribution is -2.54. The molecule has 1 fully saturated rings. The summed E-state index contributed by atoms with van der Waals surface area (Å²) < 4.78 is 4.96. The lowest BCUT2D eigenvalue weighted by atomic mass is 9.99. The van der Waals surface area contributed by atoms with E-state index >= 15 is 0 Å². The molecule has 0 saturated heterocycles. The highest BCUT2D eigenvalue weighted by molar-refractivity contribution is 5.75. The van der Waals surface area contributed by atoms with E-state index in [1.54, 1.807) is 7.11 Å². The molecule has 100 valence electrons. The third-order valence-corrected chi connectivity index (χ3v) is 3.37. The Morgan fingerprint density at radius 1 is 1.47 bits per heavy atom. The van der Waals surface area contributed by atoms with E-state index < -0.39 is 5.54 Å². The predicted octanol–water partition coefficient (Wildman–Crippen LogP) is 1.02. The van der Waals surface area contributed by atoms with E-state index in [1.165, 1.54) is 0 Å². The number of urea groups is 1. The Morgan fingerprint density at radius 3 is 2.65 bits per heavy atom. The van der Waals surface area contributed by atoms with Gasteiger partial charge in [0.25, 0.3) is 0 Å². The molecule has 2 amide bonds. The van der Waals surface area contributed by atoms with Crippen LogP contribution in [0.5, 0.6) is 0 Å². The van der Waals surface area contributed by atoms with Crippen LogP contribution in [0.2, 0.25) is 0 Å². The van der Waals surface area contributed by atoms with Crippen molar-refractivity contribution in [2.24, 2.45) is 0 Å². The maximum Gasteiger partial charge on any atom is 0.315 e. The standard InChI is InChI=1S/C12H24N2O3/c1-10(5-8-17-2)13-11(16)14-12(9-15)6-3-4-7-12/h10,15H,3-9H2,1-2H3,(H2,13,14,16). The van der Waals surface area contributed by atoms with Gasteiger partial charge in [0.15, 0.2) is 0 Å². The molecular formula is C12H24N2O3. The first-order valence-corrected chi connectivity index (χ1v) is 6.30. The van der Waals surface area contributed by atoms with Crippen LogP contribution in [0.1, 0.15) is 39.0 Å². The van der Waals surface area contributed by atoms with Gasteiger partial charge in [-0.1, -0.05) is 12.8 Å². The van der Waals surface area contributed by atoms with Gasteiger partial charge in [-0.05, 0) is 26.2 Å². The number of hydrogen-bond donors (Lipinski definition) is 3. The van der Waals surface area contributed by atoms with Crippen molar-refractivity contribution >= 4 is 6.03 Å². The lowest BCUT2D eigenvalue weighted by Gasteiger charge is -2.28. The number of methoxy groups -OCH3 is 1.